The van der Waals surface area contributed by atoms with Gasteiger partial charge >= 0.3 is 0 Å². The maximum absolute atomic E-state index is 14.5. The molecule has 6 rings (SSSR count). The van der Waals surface area contributed by atoms with Gasteiger partial charge in [0.2, 0.25) is 0 Å². The van der Waals surface area contributed by atoms with Crippen molar-refractivity contribution in [1.82, 2.24) is 9.47 Å². The Morgan fingerprint density at radius 3 is 2.46 bits per heavy atom. The number of amides is 1. The fraction of sp³-hybridized carbons (Fsp3) is 0.216. The molecule has 46 heavy (non-hydrogen) atoms. The first-order valence-corrected chi connectivity index (χ1v) is 16.0. The van der Waals surface area contributed by atoms with Crippen LogP contribution in [0.3, 0.4) is 0 Å². The number of para-hydroxylation sites is 1. The van der Waals surface area contributed by atoms with Gasteiger partial charge in [0.15, 0.2) is 4.80 Å². The van der Waals surface area contributed by atoms with Crippen LogP contribution in [0.4, 0.5) is 4.39 Å². The first-order chi connectivity index (χ1) is 22.4. The molecule has 0 unspecified atom stereocenters. The Balaban J connectivity index is 1.55. The summed E-state index contributed by atoms with van der Waals surface area (Å²) in [6, 6.07) is 24.8. The first kappa shape index (κ1) is 31.0. The molecule has 1 atom stereocenters. The molecular formula is C37H34FN3O4S. The summed E-state index contributed by atoms with van der Waals surface area (Å²) in [4.78, 5) is 35.7. The van der Waals surface area contributed by atoms with Gasteiger partial charge in [-0.05, 0) is 55.8 Å². The van der Waals surface area contributed by atoms with E-state index in [0.717, 1.165) is 16.3 Å². The van der Waals surface area contributed by atoms with E-state index in [9.17, 15) is 14.0 Å². The molecule has 0 saturated heterocycles. The molecule has 234 valence electrons. The Hall–Kier alpha value is -5.02. The van der Waals surface area contributed by atoms with Crippen molar-refractivity contribution in [1.29, 1.82) is 0 Å². The largest absolute Gasteiger partial charge is 0.496 e. The van der Waals surface area contributed by atoms with Crippen molar-refractivity contribution >= 4 is 34.1 Å². The molecular weight excluding hydrogens is 601 g/mol. The van der Waals surface area contributed by atoms with Crippen molar-refractivity contribution < 1.29 is 18.7 Å². The zero-order valence-electron chi connectivity index (χ0n) is 26.1. The van der Waals surface area contributed by atoms with Crippen LogP contribution in [-0.4, -0.2) is 35.6 Å². The van der Waals surface area contributed by atoms with Gasteiger partial charge in [-0.3, -0.25) is 14.2 Å². The van der Waals surface area contributed by atoms with Crippen LogP contribution in [0, 0.1) is 5.82 Å². The van der Waals surface area contributed by atoms with Crippen LogP contribution in [0.25, 0.3) is 16.8 Å². The minimum absolute atomic E-state index is 0.0374. The zero-order valence-corrected chi connectivity index (χ0v) is 26.9. The topological polar surface area (TPSA) is 73.1 Å². The Morgan fingerprint density at radius 1 is 0.978 bits per heavy atom. The number of methoxy groups -OCH3 is 1. The van der Waals surface area contributed by atoms with Crippen LogP contribution in [0.2, 0.25) is 0 Å². The fourth-order valence-electron chi connectivity index (χ4n) is 5.93. The third-order valence-electron chi connectivity index (χ3n) is 8.27. The number of hydrogen-bond donors (Lipinski definition) is 0. The molecule has 5 aromatic rings. The minimum atomic E-state index is -0.778. The number of likely N-dealkylation sites (N-methyl/N-ethyl adjacent to an activating group) is 1. The van der Waals surface area contributed by atoms with E-state index in [2.05, 4.69) is 0 Å². The van der Waals surface area contributed by atoms with Crippen LogP contribution in [-0.2, 0) is 11.4 Å². The van der Waals surface area contributed by atoms with Crippen molar-refractivity contribution in [3.05, 3.63) is 138 Å². The summed E-state index contributed by atoms with van der Waals surface area (Å²) >= 11 is 1.25. The van der Waals surface area contributed by atoms with E-state index < -0.39 is 6.04 Å². The van der Waals surface area contributed by atoms with E-state index in [-0.39, 0.29) is 23.9 Å². The molecule has 9 heteroatoms. The summed E-state index contributed by atoms with van der Waals surface area (Å²) in [5, 5.41) is 1.85. The van der Waals surface area contributed by atoms with E-state index in [0.29, 0.717) is 56.3 Å². The Labute approximate surface area is 270 Å². The highest BCUT2D eigenvalue weighted by Gasteiger charge is 2.36. The average molecular weight is 636 g/mol. The summed E-state index contributed by atoms with van der Waals surface area (Å²) in [6.07, 6.45) is 1.77. The number of benzene rings is 4. The second-order valence-electron chi connectivity index (χ2n) is 10.9. The molecule has 0 fully saturated rings. The minimum Gasteiger partial charge on any atom is -0.496 e. The van der Waals surface area contributed by atoms with Crippen molar-refractivity contribution in [3.63, 3.8) is 0 Å². The van der Waals surface area contributed by atoms with E-state index >= 15 is 0 Å². The average Bonchev–Trinajstić information content (AvgIpc) is 3.37. The molecule has 1 aromatic heterocycles. The molecule has 0 saturated carbocycles. The van der Waals surface area contributed by atoms with Gasteiger partial charge in [-0.1, -0.05) is 78.1 Å². The lowest BCUT2D eigenvalue weighted by molar-refractivity contribution is -0.127. The van der Waals surface area contributed by atoms with Gasteiger partial charge in [0.25, 0.3) is 11.5 Å². The predicted molar refractivity (Wildman–Crippen MR) is 179 cm³/mol. The fourth-order valence-corrected chi connectivity index (χ4v) is 6.97. The number of carbonyl (C=O) groups is 1. The third-order valence-corrected chi connectivity index (χ3v) is 9.26. The Bertz CT molecular complexity index is 2160. The highest BCUT2D eigenvalue weighted by molar-refractivity contribution is 7.07. The molecule has 7 nitrogen and oxygen atoms in total. The van der Waals surface area contributed by atoms with Crippen molar-refractivity contribution in [2.24, 2.45) is 4.99 Å². The molecule has 0 N–H and O–H groups in total. The predicted octanol–water partition coefficient (Wildman–Crippen LogP) is 5.98. The van der Waals surface area contributed by atoms with E-state index in [4.69, 9.17) is 14.5 Å². The summed E-state index contributed by atoms with van der Waals surface area (Å²) < 4.78 is 28.2. The van der Waals surface area contributed by atoms with Gasteiger partial charge in [0.05, 0.1) is 22.9 Å². The Kier molecular flexibility index (Phi) is 8.85. The molecule has 1 aliphatic heterocycles. The second-order valence-corrected chi connectivity index (χ2v) is 11.9. The van der Waals surface area contributed by atoms with E-state index in [1.54, 1.807) is 46.9 Å². The summed E-state index contributed by atoms with van der Waals surface area (Å²) in [5.74, 6) is 0.567. The van der Waals surface area contributed by atoms with Gasteiger partial charge < -0.3 is 14.4 Å². The highest BCUT2D eigenvalue weighted by atomic mass is 32.1. The van der Waals surface area contributed by atoms with Crippen molar-refractivity contribution in [3.8, 4) is 11.5 Å². The lowest BCUT2D eigenvalue weighted by atomic mass is 9.90. The molecule has 2 heterocycles. The van der Waals surface area contributed by atoms with Gasteiger partial charge in [-0.2, -0.15) is 0 Å². The van der Waals surface area contributed by atoms with Gasteiger partial charge in [-0.15, -0.1) is 0 Å². The van der Waals surface area contributed by atoms with Crippen molar-refractivity contribution in [2.75, 3.05) is 20.2 Å². The maximum Gasteiger partial charge on any atom is 0.271 e. The molecule has 1 amide bonds. The molecule has 0 radical (unpaired) electrons. The van der Waals surface area contributed by atoms with Gasteiger partial charge in [-0.25, -0.2) is 9.38 Å². The molecule has 0 spiro atoms. The summed E-state index contributed by atoms with van der Waals surface area (Å²) in [6.45, 7) is 6.76. The number of rotatable bonds is 9. The zero-order chi connectivity index (χ0) is 32.4. The molecule has 0 bridgehead atoms. The number of carbonyl (C=O) groups excluding carboxylic acids is 1. The number of hydrogen-bond acceptors (Lipinski definition) is 6. The summed E-state index contributed by atoms with van der Waals surface area (Å²) in [7, 11) is 1.60. The number of aromatic nitrogens is 1. The number of nitrogens with zero attached hydrogens (tertiary/aromatic N) is 3. The third kappa shape index (κ3) is 5.63. The van der Waals surface area contributed by atoms with Crippen LogP contribution < -0.4 is 24.4 Å². The van der Waals surface area contributed by atoms with Crippen LogP contribution in [0.5, 0.6) is 11.5 Å². The second kappa shape index (κ2) is 13.1. The van der Waals surface area contributed by atoms with Crippen molar-refractivity contribution in [2.45, 2.75) is 33.4 Å². The molecule has 0 aliphatic carbocycles. The number of fused-ring (bicyclic) bond motifs is 2. The summed E-state index contributed by atoms with van der Waals surface area (Å²) in [5.41, 5.74) is 2.53. The lowest BCUT2D eigenvalue weighted by Gasteiger charge is -2.30. The SMILES string of the molecule is CCN(CC)C(=O)C1=C(C)N=c2s/c(=C/c3ccccc3OCc3ccccc3F)c(=O)n2[C@@H]1c1c(OC)ccc2ccccc12. The van der Waals surface area contributed by atoms with Gasteiger partial charge in [0, 0.05) is 29.8 Å². The lowest BCUT2D eigenvalue weighted by Crippen LogP contribution is -2.43. The standard InChI is InChI=1S/C37H34FN3O4S/c1-5-40(6-2)36(43)32-23(3)39-37-41(34(32)33-27-16-10-7-13-24(27)19-20-30(33)44-4)35(42)31(46-37)21-25-14-9-12-18-29(25)45-22-26-15-8-11-17-28(26)38/h7-21,34H,5-6,22H2,1-4H3/b31-21+/t34-/m0/s1. The van der Waals surface area contributed by atoms with Crippen LogP contribution >= 0.6 is 11.3 Å². The monoisotopic (exact) mass is 635 g/mol. The van der Waals surface area contributed by atoms with E-state index in [1.165, 1.54) is 17.4 Å². The van der Waals surface area contributed by atoms with Crippen LogP contribution in [0.15, 0.2) is 106 Å². The van der Waals surface area contributed by atoms with Gasteiger partial charge in [0.1, 0.15) is 30.0 Å². The molecule has 4 aromatic carbocycles. The quantitative estimate of drug-likeness (QED) is 0.200. The van der Waals surface area contributed by atoms with E-state index in [1.807, 2.05) is 75.4 Å². The number of ether oxygens (including phenoxy) is 2. The Morgan fingerprint density at radius 2 is 1.70 bits per heavy atom. The maximum atomic E-state index is 14.5. The smallest absolute Gasteiger partial charge is 0.271 e. The number of thiazole rings is 1. The van der Waals surface area contributed by atoms with Crippen LogP contribution in [0.1, 0.15) is 43.5 Å². The number of allylic oxidation sites excluding steroid dienone is 1. The normalized spacial score (nSPS) is 14.6. The number of halogens is 1. The first-order valence-electron chi connectivity index (χ1n) is 15.2. The highest BCUT2D eigenvalue weighted by Crippen LogP contribution is 2.40. The molecule has 1 aliphatic rings.